The summed E-state index contributed by atoms with van der Waals surface area (Å²) in [7, 11) is 1.69. The second kappa shape index (κ2) is 6.29. The van der Waals surface area contributed by atoms with Crippen LogP contribution in [-0.4, -0.2) is 31.0 Å². The number of amides is 1. The van der Waals surface area contributed by atoms with Gasteiger partial charge in [0.2, 0.25) is 5.91 Å². The lowest BCUT2D eigenvalue weighted by atomic mass is 9.73. The lowest BCUT2D eigenvalue weighted by molar-refractivity contribution is -0.132. The van der Waals surface area contributed by atoms with Gasteiger partial charge in [-0.1, -0.05) is 19.1 Å². The fourth-order valence-electron chi connectivity index (χ4n) is 3.21. The maximum Gasteiger partial charge on any atom is 0.219 e. The Morgan fingerprint density at radius 2 is 2.05 bits per heavy atom. The van der Waals surface area contributed by atoms with Crippen molar-refractivity contribution >= 4 is 5.91 Å². The molecule has 1 aromatic rings. The van der Waals surface area contributed by atoms with Crippen LogP contribution in [0.1, 0.15) is 38.7 Å². The van der Waals surface area contributed by atoms with Gasteiger partial charge < -0.3 is 9.64 Å². The Labute approximate surface area is 121 Å². The number of nitrogens with zero attached hydrogens (tertiary/aromatic N) is 1. The number of benzene rings is 1. The molecule has 1 atom stereocenters. The molecule has 0 bridgehead atoms. The summed E-state index contributed by atoms with van der Waals surface area (Å²) in [5.41, 5.74) is 1.57. The van der Waals surface area contributed by atoms with E-state index in [-0.39, 0.29) is 11.3 Å². The average molecular weight is 275 g/mol. The highest BCUT2D eigenvalue weighted by Gasteiger charge is 2.34. The van der Waals surface area contributed by atoms with Crippen molar-refractivity contribution in [2.24, 2.45) is 5.41 Å². The smallest absolute Gasteiger partial charge is 0.219 e. The maximum atomic E-state index is 11.6. The molecule has 1 aliphatic heterocycles. The van der Waals surface area contributed by atoms with Crippen molar-refractivity contribution in [3.63, 3.8) is 0 Å². The largest absolute Gasteiger partial charge is 0.497 e. The van der Waals surface area contributed by atoms with Gasteiger partial charge in [0.15, 0.2) is 0 Å². The zero-order chi connectivity index (χ0) is 14.6. The predicted octanol–water partition coefficient (Wildman–Crippen LogP) is 3.28. The molecule has 110 valence electrons. The third-order valence-corrected chi connectivity index (χ3v) is 4.59. The van der Waals surface area contributed by atoms with Gasteiger partial charge in [-0.3, -0.25) is 4.79 Å². The molecule has 0 radical (unpaired) electrons. The Morgan fingerprint density at radius 3 is 2.60 bits per heavy atom. The predicted molar refractivity (Wildman–Crippen MR) is 80.9 cm³/mol. The number of likely N-dealkylation sites (tertiary alicyclic amines) is 1. The number of carbonyl (C=O) groups excluding carboxylic acids is 1. The van der Waals surface area contributed by atoms with Crippen molar-refractivity contribution in [1.29, 1.82) is 0 Å². The third-order valence-electron chi connectivity index (χ3n) is 4.59. The first-order valence-corrected chi connectivity index (χ1v) is 7.47. The van der Waals surface area contributed by atoms with E-state index in [0.29, 0.717) is 0 Å². The van der Waals surface area contributed by atoms with Crippen LogP contribution in [0.2, 0.25) is 0 Å². The minimum absolute atomic E-state index is 0.206. The van der Waals surface area contributed by atoms with Gasteiger partial charge in [-0.15, -0.1) is 0 Å². The van der Waals surface area contributed by atoms with E-state index in [4.69, 9.17) is 4.74 Å². The fourth-order valence-corrected chi connectivity index (χ4v) is 3.21. The molecule has 0 N–H and O–H groups in total. The first kappa shape index (κ1) is 14.9. The molecule has 2 rings (SSSR count). The summed E-state index contributed by atoms with van der Waals surface area (Å²) in [5, 5.41) is 0. The lowest BCUT2D eigenvalue weighted by Gasteiger charge is -2.42. The second-order valence-electron chi connectivity index (χ2n) is 5.92. The molecule has 1 unspecified atom stereocenters. The van der Waals surface area contributed by atoms with Gasteiger partial charge in [-0.05, 0) is 48.8 Å². The molecule has 3 heteroatoms. The molecule has 1 aliphatic rings. The number of rotatable bonds is 4. The average Bonchev–Trinajstić information content (AvgIpc) is 2.48. The summed E-state index contributed by atoms with van der Waals surface area (Å²) in [6.45, 7) is 5.73. The van der Waals surface area contributed by atoms with Gasteiger partial charge in [0.1, 0.15) is 5.75 Å². The fraction of sp³-hybridized carbons (Fsp3) is 0.588. The lowest BCUT2D eigenvalue weighted by Crippen LogP contribution is -2.46. The number of ether oxygens (including phenoxy) is 1. The highest BCUT2D eigenvalue weighted by molar-refractivity contribution is 5.73. The normalized spacial score (nSPS) is 22.6. The molecule has 0 aromatic heterocycles. The van der Waals surface area contributed by atoms with E-state index >= 15 is 0 Å². The van der Waals surface area contributed by atoms with Crippen LogP contribution in [0.3, 0.4) is 0 Å². The number of methoxy groups -OCH3 is 1. The van der Waals surface area contributed by atoms with Crippen LogP contribution < -0.4 is 4.74 Å². The van der Waals surface area contributed by atoms with Crippen molar-refractivity contribution in [2.45, 2.75) is 39.5 Å². The minimum Gasteiger partial charge on any atom is -0.497 e. The topological polar surface area (TPSA) is 29.5 Å². The molecule has 1 aromatic carbocycles. The molecule has 1 saturated heterocycles. The van der Waals surface area contributed by atoms with E-state index in [1.807, 2.05) is 17.0 Å². The zero-order valence-electron chi connectivity index (χ0n) is 12.8. The summed E-state index contributed by atoms with van der Waals surface area (Å²) in [4.78, 5) is 13.7. The van der Waals surface area contributed by atoms with Crippen molar-refractivity contribution in [2.75, 3.05) is 20.2 Å². The quantitative estimate of drug-likeness (QED) is 0.844. The second-order valence-corrected chi connectivity index (χ2v) is 5.92. The van der Waals surface area contributed by atoms with E-state index in [1.54, 1.807) is 14.0 Å². The highest BCUT2D eigenvalue weighted by atomic mass is 16.5. The van der Waals surface area contributed by atoms with E-state index in [0.717, 1.165) is 38.1 Å². The molecule has 1 heterocycles. The molecule has 3 nitrogen and oxygen atoms in total. The van der Waals surface area contributed by atoms with Crippen molar-refractivity contribution in [3.8, 4) is 5.75 Å². The van der Waals surface area contributed by atoms with Gasteiger partial charge in [-0.2, -0.15) is 0 Å². The number of carbonyl (C=O) groups is 1. The van der Waals surface area contributed by atoms with E-state index in [1.165, 1.54) is 12.0 Å². The Bertz CT molecular complexity index is 455. The molecular formula is C17H25NO2. The zero-order valence-corrected chi connectivity index (χ0v) is 12.8. The Hall–Kier alpha value is -1.51. The van der Waals surface area contributed by atoms with Crippen LogP contribution in [0.5, 0.6) is 5.75 Å². The van der Waals surface area contributed by atoms with Crippen LogP contribution in [0, 0.1) is 5.41 Å². The first-order chi connectivity index (χ1) is 9.58. The Morgan fingerprint density at radius 1 is 1.35 bits per heavy atom. The maximum absolute atomic E-state index is 11.6. The Kier molecular flexibility index (Phi) is 4.69. The first-order valence-electron chi connectivity index (χ1n) is 7.47. The van der Waals surface area contributed by atoms with Crippen LogP contribution in [0.15, 0.2) is 24.3 Å². The standard InChI is InChI=1S/C17H25NO2/c1-4-17(10-5-11-18(13-17)14(2)19)12-15-6-8-16(20-3)9-7-15/h6-9H,4-5,10-13H2,1-3H3. The van der Waals surface area contributed by atoms with Gasteiger partial charge in [0.25, 0.3) is 0 Å². The van der Waals surface area contributed by atoms with E-state index in [2.05, 4.69) is 19.1 Å². The SMILES string of the molecule is CCC1(Cc2ccc(OC)cc2)CCCN(C(C)=O)C1. The van der Waals surface area contributed by atoms with Crippen molar-refractivity contribution in [3.05, 3.63) is 29.8 Å². The summed E-state index contributed by atoms with van der Waals surface area (Å²) in [6, 6.07) is 8.32. The molecule has 0 saturated carbocycles. The molecule has 0 aliphatic carbocycles. The molecular weight excluding hydrogens is 250 g/mol. The summed E-state index contributed by atoms with van der Waals surface area (Å²) in [5.74, 6) is 1.10. The summed E-state index contributed by atoms with van der Waals surface area (Å²) in [6.07, 6.45) is 4.48. The number of hydrogen-bond donors (Lipinski definition) is 0. The van der Waals surface area contributed by atoms with Crippen LogP contribution in [-0.2, 0) is 11.2 Å². The van der Waals surface area contributed by atoms with Crippen LogP contribution in [0.4, 0.5) is 0 Å². The molecule has 20 heavy (non-hydrogen) atoms. The summed E-state index contributed by atoms with van der Waals surface area (Å²) >= 11 is 0. The van der Waals surface area contributed by atoms with Crippen LogP contribution >= 0.6 is 0 Å². The van der Waals surface area contributed by atoms with Crippen LogP contribution in [0.25, 0.3) is 0 Å². The minimum atomic E-state index is 0.206. The third kappa shape index (κ3) is 3.33. The van der Waals surface area contributed by atoms with Gasteiger partial charge in [0.05, 0.1) is 7.11 Å². The Balaban J connectivity index is 2.11. The highest BCUT2D eigenvalue weighted by Crippen LogP contribution is 2.37. The van der Waals surface area contributed by atoms with Crippen molar-refractivity contribution in [1.82, 2.24) is 4.90 Å². The van der Waals surface area contributed by atoms with E-state index < -0.39 is 0 Å². The van der Waals surface area contributed by atoms with E-state index in [9.17, 15) is 4.79 Å². The van der Waals surface area contributed by atoms with Gasteiger partial charge in [0, 0.05) is 20.0 Å². The van der Waals surface area contributed by atoms with Crippen molar-refractivity contribution < 1.29 is 9.53 Å². The molecule has 1 fully saturated rings. The number of piperidine rings is 1. The van der Waals surface area contributed by atoms with Gasteiger partial charge in [-0.25, -0.2) is 0 Å². The summed E-state index contributed by atoms with van der Waals surface area (Å²) < 4.78 is 5.21. The monoisotopic (exact) mass is 275 g/mol. The number of hydrogen-bond acceptors (Lipinski definition) is 2. The molecule has 1 amide bonds. The van der Waals surface area contributed by atoms with Gasteiger partial charge >= 0.3 is 0 Å². The molecule has 0 spiro atoms.